The lowest BCUT2D eigenvalue weighted by molar-refractivity contribution is -0.191. The van der Waals surface area contributed by atoms with Crippen molar-refractivity contribution >= 4 is 17.3 Å². The van der Waals surface area contributed by atoms with Gasteiger partial charge in [-0.15, -0.1) is 0 Å². The van der Waals surface area contributed by atoms with Crippen LogP contribution in [-0.2, 0) is 12.7 Å². The van der Waals surface area contributed by atoms with Gasteiger partial charge in [0.05, 0.1) is 47.0 Å². The van der Waals surface area contributed by atoms with Crippen LogP contribution < -0.4 is 10.2 Å². The zero-order valence-electron chi connectivity index (χ0n) is 22.2. The molecule has 2 aliphatic rings. The Morgan fingerprint density at radius 1 is 1.15 bits per heavy atom. The van der Waals surface area contributed by atoms with E-state index in [2.05, 4.69) is 20.4 Å². The monoisotopic (exact) mass is 582 g/mol. The summed E-state index contributed by atoms with van der Waals surface area (Å²) < 4.78 is 82.4. The third kappa shape index (κ3) is 6.02. The number of hydrogen-bond acceptors (Lipinski definition) is 6. The Labute approximate surface area is 231 Å². The van der Waals surface area contributed by atoms with E-state index in [0.29, 0.717) is 30.8 Å². The first kappa shape index (κ1) is 28.8. The SMILES string of the molecule is CC(C)(O)[C@@H]1CCN(c2cnc(C(F)(F)F)c(NC(=O)c3cccc(-c4cnn(CC5(C(F)(F)F)CC5)c4)n3)c2)C1. The molecule has 14 heteroatoms. The Hall–Kier alpha value is -3.68. The topological polar surface area (TPSA) is 96.2 Å². The van der Waals surface area contributed by atoms with Crippen molar-refractivity contribution in [2.45, 2.75) is 57.6 Å². The molecule has 3 aromatic heterocycles. The maximum atomic E-state index is 13.8. The van der Waals surface area contributed by atoms with Crippen molar-refractivity contribution < 1.29 is 36.2 Å². The molecule has 1 aliphatic carbocycles. The number of carbonyl (C=O) groups is 1. The van der Waals surface area contributed by atoms with Crippen LogP contribution >= 0.6 is 0 Å². The summed E-state index contributed by atoms with van der Waals surface area (Å²) in [7, 11) is 0. The van der Waals surface area contributed by atoms with E-state index in [-0.39, 0.29) is 36.7 Å². The standard InChI is InChI=1S/C27H28F6N6O2/c1-24(2,41)17-6-9-38(14-17)18-10-21(22(34-12-18)26(28,29)30)37-23(40)20-5-3-4-19(36-20)16-11-35-39(13-16)15-25(7-8-25)27(31,32)33/h3-5,10-13,17,41H,6-9,14-15H2,1-2H3,(H,37,40)/t17-/m1/s1. The number of anilines is 2. The van der Waals surface area contributed by atoms with Gasteiger partial charge in [-0.2, -0.15) is 31.4 Å². The fourth-order valence-corrected chi connectivity index (χ4v) is 5.00. The maximum absolute atomic E-state index is 13.8. The number of hydrogen-bond donors (Lipinski definition) is 2. The second kappa shape index (κ2) is 10.00. The molecular weight excluding hydrogens is 554 g/mol. The molecule has 0 radical (unpaired) electrons. The first-order chi connectivity index (χ1) is 19.1. The van der Waals surface area contributed by atoms with Crippen molar-refractivity contribution in [1.29, 1.82) is 0 Å². The number of carbonyl (C=O) groups excluding carboxylic acids is 1. The molecule has 1 atom stereocenters. The minimum absolute atomic E-state index is 0.0212. The van der Waals surface area contributed by atoms with E-state index in [4.69, 9.17) is 0 Å². The highest BCUT2D eigenvalue weighted by Gasteiger charge is 2.63. The van der Waals surface area contributed by atoms with E-state index < -0.39 is 40.7 Å². The summed E-state index contributed by atoms with van der Waals surface area (Å²) in [4.78, 5) is 22.6. The van der Waals surface area contributed by atoms with Crippen LogP contribution in [0.15, 0.2) is 42.9 Å². The van der Waals surface area contributed by atoms with Crippen molar-refractivity contribution in [3.8, 4) is 11.3 Å². The summed E-state index contributed by atoms with van der Waals surface area (Å²) in [5.74, 6) is -1.02. The number of amides is 1. The van der Waals surface area contributed by atoms with Crippen molar-refractivity contribution in [3.63, 3.8) is 0 Å². The van der Waals surface area contributed by atoms with E-state index in [9.17, 15) is 36.2 Å². The molecule has 0 aromatic carbocycles. The fraction of sp³-hybridized carbons (Fsp3) is 0.481. The highest BCUT2D eigenvalue weighted by molar-refractivity contribution is 6.03. The lowest BCUT2D eigenvalue weighted by Gasteiger charge is -2.26. The van der Waals surface area contributed by atoms with Gasteiger partial charge in [0.15, 0.2) is 5.69 Å². The van der Waals surface area contributed by atoms with Crippen molar-refractivity contribution in [2.75, 3.05) is 23.3 Å². The Kier molecular flexibility index (Phi) is 7.03. The van der Waals surface area contributed by atoms with Gasteiger partial charge < -0.3 is 15.3 Å². The Morgan fingerprint density at radius 2 is 1.88 bits per heavy atom. The molecule has 1 amide bonds. The number of halogens is 6. The largest absolute Gasteiger partial charge is 0.435 e. The molecule has 2 N–H and O–H groups in total. The summed E-state index contributed by atoms with van der Waals surface area (Å²) in [6, 6.07) is 5.49. The minimum atomic E-state index is -4.85. The Morgan fingerprint density at radius 3 is 2.49 bits per heavy atom. The summed E-state index contributed by atoms with van der Waals surface area (Å²) in [6.45, 7) is 3.92. The van der Waals surface area contributed by atoms with Crippen molar-refractivity contribution in [3.05, 3.63) is 54.2 Å². The molecule has 220 valence electrons. The molecule has 1 saturated heterocycles. The van der Waals surface area contributed by atoms with E-state index in [1.807, 2.05) is 0 Å². The average molecular weight is 583 g/mol. The molecule has 1 aliphatic heterocycles. The molecule has 4 heterocycles. The maximum Gasteiger partial charge on any atom is 0.435 e. The van der Waals surface area contributed by atoms with Crippen LogP contribution in [0.1, 0.15) is 49.3 Å². The lowest BCUT2D eigenvalue weighted by Crippen LogP contribution is -2.33. The van der Waals surface area contributed by atoms with Gasteiger partial charge in [0.2, 0.25) is 0 Å². The van der Waals surface area contributed by atoms with Crippen LogP contribution in [-0.4, -0.2) is 55.6 Å². The first-order valence-corrected chi connectivity index (χ1v) is 13.0. The Bertz CT molecular complexity index is 1440. The molecule has 41 heavy (non-hydrogen) atoms. The normalized spacial score (nSPS) is 19.0. The predicted molar refractivity (Wildman–Crippen MR) is 137 cm³/mol. The summed E-state index contributed by atoms with van der Waals surface area (Å²) in [5.41, 5.74) is -3.85. The average Bonchev–Trinajstić information content (AvgIpc) is 3.28. The van der Waals surface area contributed by atoms with Crippen LogP contribution in [0, 0.1) is 11.3 Å². The zero-order chi connectivity index (χ0) is 29.8. The van der Waals surface area contributed by atoms with Gasteiger partial charge in [0.25, 0.3) is 5.91 Å². The zero-order valence-corrected chi connectivity index (χ0v) is 22.2. The predicted octanol–water partition coefficient (Wildman–Crippen LogP) is 5.55. The van der Waals surface area contributed by atoms with Gasteiger partial charge in [-0.25, -0.2) is 9.97 Å². The number of rotatable bonds is 7. The second-order valence-electron chi connectivity index (χ2n) is 11.2. The molecule has 0 unspecified atom stereocenters. The molecule has 0 spiro atoms. The third-order valence-electron chi connectivity index (χ3n) is 7.77. The number of aliphatic hydroxyl groups is 1. The lowest BCUT2D eigenvalue weighted by atomic mass is 9.90. The molecule has 3 aromatic rings. The van der Waals surface area contributed by atoms with Gasteiger partial charge >= 0.3 is 12.4 Å². The van der Waals surface area contributed by atoms with E-state index in [0.717, 1.165) is 6.20 Å². The molecule has 8 nitrogen and oxygen atoms in total. The van der Waals surface area contributed by atoms with Gasteiger partial charge in [-0.1, -0.05) is 6.07 Å². The highest BCUT2D eigenvalue weighted by atomic mass is 19.4. The molecular formula is C27H28F6N6O2. The van der Waals surface area contributed by atoms with Crippen LogP contribution in [0.4, 0.5) is 37.7 Å². The molecule has 0 bridgehead atoms. The van der Waals surface area contributed by atoms with Gasteiger partial charge in [0.1, 0.15) is 5.69 Å². The smallest absolute Gasteiger partial charge is 0.390 e. The Balaban J connectivity index is 1.36. The third-order valence-corrected chi connectivity index (χ3v) is 7.77. The summed E-state index contributed by atoms with van der Waals surface area (Å²) in [5, 5.41) is 16.6. The molecule has 1 saturated carbocycles. The fourth-order valence-electron chi connectivity index (χ4n) is 5.00. The molecule has 5 rings (SSSR count). The highest BCUT2D eigenvalue weighted by Crippen LogP contribution is 2.58. The minimum Gasteiger partial charge on any atom is -0.390 e. The van der Waals surface area contributed by atoms with E-state index >= 15 is 0 Å². The van der Waals surface area contributed by atoms with Gasteiger partial charge in [-0.05, 0) is 51.3 Å². The number of alkyl halides is 6. The van der Waals surface area contributed by atoms with Gasteiger partial charge in [0, 0.05) is 30.8 Å². The van der Waals surface area contributed by atoms with Crippen molar-refractivity contribution in [2.24, 2.45) is 11.3 Å². The number of pyridine rings is 2. The van der Waals surface area contributed by atoms with Crippen LogP contribution in [0.2, 0.25) is 0 Å². The second-order valence-corrected chi connectivity index (χ2v) is 11.2. The summed E-state index contributed by atoms with van der Waals surface area (Å²) >= 11 is 0. The van der Waals surface area contributed by atoms with Gasteiger partial charge in [-0.3, -0.25) is 9.48 Å². The number of aromatic nitrogens is 4. The van der Waals surface area contributed by atoms with Crippen LogP contribution in [0.5, 0.6) is 0 Å². The number of nitrogens with zero attached hydrogens (tertiary/aromatic N) is 5. The van der Waals surface area contributed by atoms with Crippen molar-refractivity contribution in [1.82, 2.24) is 19.7 Å². The first-order valence-electron chi connectivity index (χ1n) is 13.0. The van der Waals surface area contributed by atoms with E-state index in [1.165, 1.54) is 41.3 Å². The van der Waals surface area contributed by atoms with Crippen LogP contribution in [0.25, 0.3) is 11.3 Å². The molecule has 2 fully saturated rings. The number of nitrogens with one attached hydrogen (secondary N) is 1. The summed E-state index contributed by atoms with van der Waals surface area (Å²) in [6.07, 6.45) is -4.71. The van der Waals surface area contributed by atoms with E-state index in [1.54, 1.807) is 18.7 Å². The quantitative estimate of drug-likeness (QED) is 0.355. The van der Waals surface area contributed by atoms with Crippen LogP contribution in [0.3, 0.4) is 0 Å².